The third-order valence-corrected chi connectivity index (χ3v) is 6.97. The number of carboxylic acids is 1. The number of rotatable bonds is 9. The maximum Gasteiger partial charge on any atom is 0.307 e. The molecule has 0 saturated heterocycles. The van der Waals surface area contributed by atoms with E-state index in [9.17, 15) is 18.3 Å². The molecule has 0 radical (unpaired) electrons. The van der Waals surface area contributed by atoms with Gasteiger partial charge in [-0.05, 0) is 47.9 Å². The van der Waals surface area contributed by atoms with Gasteiger partial charge in [0.25, 0.3) is 0 Å². The van der Waals surface area contributed by atoms with Crippen LogP contribution in [0.25, 0.3) is 0 Å². The van der Waals surface area contributed by atoms with Crippen molar-refractivity contribution in [2.75, 3.05) is 12.9 Å². The Morgan fingerprint density at radius 3 is 2.37 bits per heavy atom. The minimum atomic E-state index is -3.68. The molecule has 0 saturated carbocycles. The quantitative estimate of drug-likeness (QED) is 0.544. The van der Waals surface area contributed by atoms with E-state index in [1.54, 1.807) is 42.6 Å². The second-order valence-corrected chi connectivity index (χ2v) is 9.45. The van der Waals surface area contributed by atoms with Crippen molar-refractivity contribution in [3.63, 3.8) is 0 Å². The smallest absolute Gasteiger partial charge is 0.307 e. The van der Waals surface area contributed by atoms with Gasteiger partial charge in [-0.3, -0.25) is 4.79 Å². The number of aromatic amines is 1. The Morgan fingerprint density at radius 1 is 1.07 bits per heavy atom. The first-order valence-electron chi connectivity index (χ1n) is 9.62. The molecule has 2 aromatic carbocycles. The number of nitrogens with one attached hydrogen (secondary N) is 1. The summed E-state index contributed by atoms with van der Waals surface area (Å²) in [6.07, 6.45) is 2.91. The highest BCUT2D eigenvalue weighted by atomic mass is 32.2. The molecule has 0 amide bonds. The first kappa shape index (κ1) is 21.6. The van der Waals surface area contributed by atoms with Gasteiger partial charge in [0.1, 0.15) is 10.5 Å². The number of carboxylic acid groups (broad SMARTS) is 1. The predicted octanol–water partition coefficient (Wildman–Crippen LogP) is 3.57. The van der Waals surface area contributed by atoms with Crippen LogP contribution in [0.2, 0.25) is 0 Å². The Labute approximate surface area is 176 Å². The Morgan fingerprint density at radius 2 is 1.80 bits per heavy atom. The van der Waals surface area contributed by atoms with Crippen molar-refractivity contribution in [2.24, 2.45) is 0 Å². The monoisotopic (exact) mass is 427 g/mol. The van der Waals surface area contributed by atoms with Gasteiger partial charge in [-0.1, -0.05) is 36.4 Å². The van der Waals surface area contributed by atoms with Crippen molar-refractivity contribution in [3.05, 3.63) is 89.2 Å². The number of H-pyrrole nitrogens is 1. The summed E-state index contributed by atoms with van der Waals surface area (Å²) in [5.74, 6) is -0.252. The number of benzene rings is 2. The molecule has 30 heavy (non-hydrogen) atoms. The van der Waals surface area contributed by atoms with Gasteiger partial charge in [0.2, 0.25) is 0 Å². The summed E-state index contributed by atoms with van der Waals surface area (Å²) in [5, 5.41) is 9.17. The summed E-state index contributed by atoms with van der Waals surface area (Å²) in [6.45, 7) is 2.45. The van der Waals surface area contributed by atoms with Crippen LogP contribution in [0.4, 0.5) is 0 Å². The van der Waals surface area contributed by atoms with Gasteiger partial charge in [-0.25, -0.2) is 8.42 Å². The fraction of sp³-hybridized carbons (Fsp3) is 0.261. The van der Waals surface area contributed by atoms with Gasteiger partial charge in [-0.2, -0.15) is 0 Å². The molecule has 2 N–H and O–H groups in total. The number of aliphatic carboxylic acids is 1. The minimum Gasteiger partial charge on any atom is -0.494 e. The molecular formula is C23H25NO5S. The van der Waals surface area contributed by atoms with Crippen LogP contribution in [0.15, 0.2) is 66.9 Å². The number of ether oxygens (including phenoxy) is 1. The lowest BCUT2D eigenvalue weighted by Gasteiger charge is -2.32. The Balaban J connectivity index is 2.17. The van der Waals surface area contributed by atoms with Gasteiger partial charge in [0, 0.05) is 24.6 Å². The second kappa shape index (κ2) is 8.75. The molecule has 0 fully saturated rings. The Bertz CT molecular complexity index is 1100. The van der Waals surface area contributed by atoms with Crippen LogP contribution in [-0.4, -0.2) is 37.3 Å². The van der Waals surface area contributed by atoms with Crippen molar-refractivity contribution in [1.29, 1.82) is 0 Å². The van der Waals surface area contributed by atoms with Crippen LogP contribution in [0.5, 0.6) is 5.75 Å². The van der Waals surface area contributed by atoms with Crippen molar-refractivity contribution in [3.8, 4) is 5.75 Å². The molecule has 1 unspecified atom stereocenters. The Kier molecular flexibility index (Phi) is 6.31. The maximum atomic E-state index is 13.3. The summed E-state index contributed by atoms with van der Waals surface area (Å²) in [5.41, 5.74) is 2.43. The minimum absolute atomic E-state index is 0.179. The van der Waals surface area contributed by atoms with Crippen molar-refractivity contribution < 1.29 is 23.1 Å². The zero-order valence-corrected chi connectivity index (χ0v) is 17.8. The second-order valence-electron chi connectivity index (χ2n) is 7.21. The summed E-state index contributed by atoms with van der Waals surface area (Å²) < 4.78 is 30.7. The number of hydrogen-bond acceptors (Lipinski definition) is 4. The first-order valence-corrected chi connectivity index (χ1v) is 11.5. The normalized spacial score (nSPS) is 13.5. The molecule has 1 aromatic heterocycles. The molecule has 0 aliphatic carbocycles. The van der Waals surface area contributed by atoms with E-state index in [1.807, 2.05) is 31.2 Å². The summed E-state index contributed by atoms with van der Waals surface area (Å²) in [4.78, 5) is 14.3. The van der Waals surface area contributed by atoms with E-state index in [4.69, 9.17) is 4.74 Å². The standard InChI is InChI=1S/C23H25NO5S/c1-3-29-20-11-9-17(10-12-20)16-23(30(2,27)28,21-8-5-13-24-21)19-7-4-6-18(14-19)15-22(25)26/h4-14,24H,3,15-16H2,1-2H3,(H,25,26). The predicted molar refractivity (Wildman–Crippen MR) is 116 cm³/mol. The van der Waals surface area contributed by atoms with Gasteiger partial charge in [0.15, 0.2) is 9.84 Å². The van der Waals surface area contributed by atoms with Crippen LogP contribution in [-0.2, 0) is 32.2 Å². The Hall–Kier alpha value is -3.06. The largest absolute Gasteiger partial charge is 0.494 e. The van der Waals surface area contributed by atoms with Gasteiger partial charge < -0.3 is 14.8 Å². The molecule has 1 atom stereocenters. The zero-order chi connectivity index (χ0) is 21.8. The maximum absolute atomic E-state index is 13.3. The van der Waals surface area contributed by atoms with Crippen LogP contribution in [0.1, 0.15) is 29.3 Å². The summed E-state index contributed by atoms with van der Waals surface area (Å²) >= 11 is 0. The van der Waals surface area contributed by atoms with Crippen molar-refractivity contribution >= 4 is 15.8 Å². The lowest BCUT2D eigenvalue weighted by molar-refractivity contribution is -0.136. The van der Waals surface area contributed by atoms with E-state index in [0.29, 0.717) is 23.4 Å². The SMILES string of the molecule is CCOc1ccc(CC(c2cccc(CC(=O)O)c2)(c2ccc[nH]2)S(C)(=O)=O)cc1. The molecule has 1 heterocycles. The van der Waals surface area contributed by atoms with Gasteiger partial charge in [0.05, 0.1) is 13.0 Å². The third kappa shape index (κ3) is 4.41. The first-order chi connectivity index (χ1) is 14.3. The van der Waals surface area contributed by atoms with Crippen molar-refractivity contribution in [1.82, 2.24) is 4.98 Å². The van der Waals surface area contributed by atoms with Crippen LogP contribution in [0, 0.1) is 0 Å². The molecular weight excluding hydrogens is 402 g/mol. The highest BCUT2D eigenvalue weighted by Gasteiger charge is 2.45. The lowest BCUT2D eigenvalue weighted by Crippen LogP contribution is -2.39. The van der Waals surface area contributed by atoms with Crippen LogP contribution < -0.4 is 4.74 Å². The molecule has 0 aliphatic rings. The molecule has 3 aromatic rings. The number of carbonyl (C=O) groups is 1. The molecule has 0 spiro atoms. The molecule has 7 heteroatoms. The zero-order valence-electron chi connectivity index (χ0n) is 17.0. The summed E-state index contributed by atoms with van der Waals surface area (Å²) in [7, 11) is -3.68. The van der Waals surface area contributed by atoms with E-state index < -0.39 is 20.6 Å². The van der Waals surface area contributed by atoms with E-state index in [0.717, 1.165) is 11.3 Å². The van der Waals surface area contributed by atoms with E-state index in [-0.39, 0.29) is 12.8 Å². The average Bonchev–Trinajstić information content (AvgIpc) is 3.21. The average molecular weight is 428 g/mol. The molecule has 158 valence electrons. The molecule has 6 nitrogen and oxygen atoms in total. The van der Waals surface area contributed by atoms with Gasteiger partial charge >= 0.3 is 5.97 Å². The van der Waals surface area contributed by atoms with E-state index >= 15 is 0 Å². The third-order valence-electron chi connectivity index (χ3n) is 5.10. The molecule has 0 bridgehead atoms. The highest BCUT2D eigenvalue weighted by molar-refractivity contribution is 7.91. The highest BCUT2D eigenvalue weighted by Crippen LogP contribution is 2.40. The number of sulfone groups is 1. The lowest BCUT2D eigenvalue weighted by atomic mass is 9.87. The fourth-order valence-electron chi connectivity index (χ4n) is 3.74. The number of aromatic nitrogens is 1. The van der Waals surface area contributed by atoms with Crippen LogP contribution >= 0.6 is 0 Å². The number of hydrogen-bond donors (Lipinski definition) is 2. The van der Waals surface area contributed by atoms with Gasteiger partial charge in [-0.15, -0.1) is 0 Å². The molecule has 3 rings (SSSR count). The van der Waals surface area contributed by atoms with Crippen molar-refractivity contribution in [2.45, 2.75) is 24.5 Å². The van der Waals surface area contributed by atoms with E-state index in [2.05, 4.69) is 4.98 Å². The van der Waals surface area contributed by atoms with E-state index in [1.165, 1.54) is 6.26 Å². The van der Waals surface area contributed by atoms with Crippen LogP contribution in [0.3, 0.4) is 0 Å². The fourth-order valence-corrected chi connectivity index (χ4v) is 5.25. The topological polar surface area (TPSA) is 96.5 Å². The molecule has 0 aliphatic heterocycles. The summed E-state index contributed by atoms with van der Waals surface area (Å²) in [6, 6.07) is 17.7.